The maximum atomic E-state index is 13.1. The van der Waals surface area contributed by atoms with Gasteiger partial charge in [0.2, 0.25) is 5.95 Å². The van der Waals surface area contributed by atoms with Gasteiger partial charge in [-0.05, 0) is 51.8 Å². The summed E-state index contributed by atoms with van der Waals surface area (Å²) in [5.74, 6) is 0.675. The zero-order valence-electron chi connectivity index (χ0n) is 13.9. The minimum atomic E-state index is -4.41. The van der Waals surface area contributed by atoms with E-state index in [9.17, 15) is 13.2 Å². The first-order chi connectivity index (χ1) is 12.8. The first-order valence-corrected chi connectivity index (χ1v) is 8.66. The molecule has 0 fully saturated rings. The second-order valence-corrected chi connectivity index (χ2v) is 6.50. The summed E-state index contributed by atoms with van der Waals surface area (Å²) in [5, 5.41) is 5.93. The first-order valence-electron chi connectivity index (χ1n) is 7.87. The van der Waals surface area contributed by atoms with Crippen LogP contribution < -0.4 is 16.4 Å². The van der Waals surface area contributed by atoms with Crippen LogP contribution in [-0.4, -0.2) is 9.97 Å². The topological polar surface area (TPSA) is 75.9 Å². The molecule has 0 aliphatic rings. The number of nitrogen functional groups attached to an aromatic ring is 1. The lowest BCUT2D eigenvalue weighted by Gasteiger charge is -2.14. The Kier molecular flexibility index (Phi) is 5.50. The molecule has 0 radical (unpaired) electrons. The minimum absolute atomic E-state index is 0.0351. The quantitative estimate of drug-likeness (QED) is 0.478. The summed E-state index contributed by atoms with van der Waals surface area (Å²) in [5.41, 5.74) is 6.46. The maximum absolute atomic E-state index is 13.1. The molecule has 0 bridgehead atoms. The van der Waals surface area contributed by atoms with Crippen LogP contribution in [0.1, 0.15) is 11.1 Å². The molecule has 1 aromatic heterocycles. The van der Waals surface area contributed by atoms with E-state index in [0.29, 0.717) is 21.9 Å². The third-order valence-corrected chi connectivity index (χ3v) is 4.26. The van der Waals surface area contributed by atoms with Crippen molar-refractivity contribution in [3.05, 3.63) is 70.3 Å². The van der Waals surface area contributed by atoms with Gasteiger partial charge in [-0.2, -0.15) is 18.2 Å². The summed E-state index contributed by atoms with van der Waals surface area (Å²) < 4.78 is 39.9. The van der Waals surface area contributed by atoms with Crippen molar-refractivity contribution in [3.63, 3.8) is 0 Å². The summed E-state index contributed by atoms with van der Waals surface area (Å²) in [6.45, 7) is -0.0351. The summed E-state index contributed by atoms with van der Waals surface area (Å²) in [4.78, 5) is 8.45. The molecule has 0 aliphatic heterocycles. The van der Waals surface area contributed by atoms with Gasteiger partial charge in [0, 0.05) is 24.1 Å². The van der Waals surface area contributed by atoms with Gasteiger partial charge in [-0.1, -0.05) is 18.2 Å². The molecular weight excluding hydrogens is 423 g/mol. The minimum Gasteiger partial charge on any atom is -0.399 e. The van der Waals surface area contributed by atoms with E-state index in [2.05, 4.69) is 36.5 Å². The van der Waals surface area contributed by atoms with Crippen molar-refractivity contribution in [2.45, 2.75) is 12.7 Å². The van der Waals surface area contributed by atoms with Gasteiger partial charge in [0.25, 0.3) is 0 Å². The van der Waals surface area contributed by atoms with E-state index < -0.39 is 11.7 Å². The summed E-state index contributed by atoms with van der Waals surface area (Å²) in [6, 6.07) is 12.4. The number of nitrogens with two attached hydrogens (primary N) is 1. The molecule has 27 heavy (non-hydrogen) atoms. The van der Waals surface area contributed by atoms with Crippen molar-refractivity contribution in [1.82, 2.24) is 9.97 Å². The second kappa shape index (κ2) is 7.83. The Morgan fingerprint density at radius 1 is 1.04 bits per heavy atom. The number of rotatable bonds is 5. The number of aromatic nitrogens is 2. The Balaban J connectivity index is 1.77. The predicted octanol–water partition coefficient (Wildman–Crippen LogP) is 5.20. The van der Waals surface area contributed by atoms with E-state index in [0.717, 1.165) is 11.8 Å². The van der Waals surface area contributed by atoms with Gasteiger partial charge in [0.15, 0.2) is 0 Å². The van der Waals surface area contributed by atoms with Crippen molar-refractivity contribution in [1.29, 1.82) is 0 Å². The molecule has 2 aromatic carbocycles. The summed E-state index contributed by atoms with van der Waals surface area (Å²) in [6.07, 6.45) is -2.90. The van der Waals surface area contributed by atoms with Crippen molar-refractivity contribution >= 4 is 39.1 Å². The molecule has 4 N–H and O–H groups in total. The number of benzene rings is 2. The van der Waals surface area contributed by atoms with Crippen LogP contribution in [0.5, 0.6) is 0 Å². The SMILES string of the molecule is Nc1ccc(Nc2ncc(Br)c(NCc3ccccc3C(F)(F)F)n2)cc1. The Morgan fingerprint density at radius 2 is 1.74 bits per heavy atom. The highest BCUT2D eigenvalue weighted by atomic mass is 79.9. The van der Waals surface area contributed by atoms with E-state index in [1.807, 2.05) is 0 Å². The normalized spacial score (nSPS) is 11.3. The standard InChI is InChI=1S/C18H15BrF3N5/c19-15-10-25-17(26-13-7-5-12(23)6-8-13)27-16(15)24-9-11-3-1-2-4-14(11)18(20,21)22/h1-8,10H,9,23H2,(H2,24,25,26,27). The zero-order valence-corrected chi connectivity index (χ0v) is 15.5. The molecule has 0 aliphatic carbocycles. The molecule has 0 unspecified atom stereocenters. The number of alkyl halides is 3. The van der Waals surface area contributed by atoms with Crippen LogP contribution in [0.15, 0.2) is 59.2 Å². The molecule has 3 aromatic rings. The van der Waals surface area contributed by atoms with Crippen molar-refractivity contribution in [2.75, 3.05) is 16.4 Å². The van der Waals surface area contributed by atoms with E-state index in [-0.39, 0.29) is 12.1 Å². The Hall–Kier alpha value is -2.81. The van der Waals surface area contributed by atoms with Crippen molar-refractivity contribution in [3.8, 4) is 0 Å². The number of anilines is 4. The fourth-order valence-electron chi connectivity index (χ4n) is 2.38. The molecule has 9 heteroatoms. The summed E-state index contributed by atoms with van der Waals surface area (Å²) >= 11 is 3.30. The van der Waals surface area contributed by atoms with Crippen LogP contribution in [0.2, 0.25) is 0 Å². The van der Waals surface area contributed by atoms with Crippen LogP contribution >= 0.6 is 15.9 Å². The molecule has 0 saturated heterocycles. The first kappa shape index (κ1) is 19.0. The van der Waals surface area contributed by atoms with Gasteiger partial charge in [-0.3, -0.25) is 0 Å². The average Bonchev–Trinajstić information content (AvgIpc) is 2.63. The lowest BCUT2D eigenvalue weighted by atomic mass is 10.1. The molecule has 0 amide bonds. The van der Waals surface area contributed by atoms with Gasteiger partial charge in [-0.25, -0.2) is 4.98 Å². The molecule has 3 rings (SSSR count). The van der Waals surface area contributed by atoms with Gasteiger partial charge in [0.05, 0.1) is 10.0 Å². The zero-order chi connectivity index (χ0) is 19.4. The van der Waals surface area contributed by atoms with Crippen LogP contribution in [0.4, 0.5) is 36.3 Å². The molecule has 5 nitrogen and oxygen atoms in total. The number of nitrogens with one attached hydrogen (secondary N) is 2. The highest BCUT2D eigenvalue weighted by Crippen LogP contribution is 2.32. The lowest BCUT2D eigenvalue weighted by Crippen LogP contribution is -2.12. The fraction of sp³-hybridized carbons (Fsp3) is 0.111. The Morgan fingerprint density at radius 3 is 2.44 bits per heavy atom. The van der Waals surface area contributed by atoms with Crippen molar-refractivity contribution < 1.29 is 13.2 Å². The molecular formula is C18H15BrF3N5. The monoisotopic (exact) mass is 437 g/mol. The van der Waals surface area contributed by atoms with Crippen LogP contribution in [0.3, 0.4) is 0 Å². The smallest absolute Gasteiger partial charge is 0.399 e. The molecule has 0 spiro atoms. The predicted molar refractivity (Wildman–Crippen MR) is 103 cm³/mol. The molecule has 140 valence electrons. The van der Waals surface area contributed by atoms with Gasteiger partial charge < -0.3 is 16.4 Å². The highest BCUT2D eigenvalue weighted by Gasteiger charge is 2.32. The molecule has 0 atom stereocenters. The maximum Gasteiger partial charge on any atom is 0.416 e. The lowest BCUT2D eigenvalue weighted by molar-refractivity contribution is -0.138. The average molecular weight is 438 g/mol. The largest absolute Gasteiger partial charge is 0.416 e. The van der Waals surface area contributed by atoms with Crippen LogP contribution in [0.25, 0.3) is 0 Å². The number of hydrogen-bond donors (Lipinski definition) is 3. The van der Waals surface area contributed by atoms with E-state index in [4.69, 9.17) is 5.73 Å². The summed E-state index contributed by atoms with van der Waals surface area (Å²) in [7, 11) is 0. The van der Waals surface area contributed by atoms with Crippen LogP contribution in [-0.2, 0) is 12.7 Å². The van der Waals surface area contributed by atoms with Crippen LogP contribution in [0, 0.1) is 0 Å². The van der Waals surface area contributed by atoms with Gasteiger partial charge in [-0.15, -0.1) is 0 Å². The van der Waals surface area contributed by atoms with E-state index in [1.165, 1.54) is 18.3 Å². The Labute approximate surface area is 162 Å². The van der Waals surface area contributed by atoms with E-state index >= 15 is 0 Å². The third kappa shape index (κ3) is 4.88. The number of hydrogen-bond acceptors (Lipinski definition) is 5. The fourth-order valence-corrected chi connectivity index (χ4v) is 2.71. The second-order valence-electron chi connectivity index (χ2n) is 5.65. The molecule has 0 saturated carbocycles. The molecule has 1 heterocycles. The Bertz CT molecular complexity index is 929. The number of halogens is 4. The van der Waals surface area contributed by atoms with Crippen molar-refractivity contribution in [2.24, 2.45) is 0 Å². The van der Waals surface area contributed by atoms with E-state index in [1.54, 1.807) is 30.3 Å². The number of nitrogens with zero attached hydrogens (tertiary/aromatic N) is 2. The highest BCUT2D eigenvalue weighted by molar-refractivity contribution is 9.10. The third-order valence-electron chi connectivity index (χ3n) is 3.68. The van der Waals surface area contributed by atoms with Gasteiger partial charge >= 0.3 is 6.18 Å². The van der Waals surface area contributed by atoms with Gasteiger partial charge in [0.1, 0.15) is 5.82 Å².